The number of fused-ring (bicyclic) bond motifs is 1. The minimum Gasteiger partial charge on any atom is -0.329 e. The number of aryl methyl sites for hydroxylation is 3. The van der Waals surface area contributed by atoms with Gasteiger partial charge in [0.2, 0.25) is 11.9 Å². The number of hydrogen-bond acceptors (Lipinski definition) is 5. The SMILES string of the molecule is Cc1ccc2nc(Nc3nc(=O)c(C)c(C)[nH]3)nc(C)c2c1. The van der Waals surface area contributed by atoms with Gasteiger partial charge in [-0.15, -0.1) is 0 Å². The Hall–Kier alpha value is -2.76. The molecule has 112 valence electrons. The Bertz CT molecular complexity index is 930. The molecule has 2 aromatic heterocycles. The van der Waals surface area contributed by atoms with Crippen molar-refractivity contribution in [1.29, 1.82) is 0 Å². The van der Waals surface area contributed by atoms with E-state index in [0.29, 0.717) is 17.5 Å². The smallest absolute Gasteiger partial charge is 0.277 e. The minimum atomic E-state index is -0.258. The highest BCUT2D eigenvalue weighted by Gasteiger charge is 2.08. The normalized spacial score (nSPS) is 10.9. The maximum atomic E-state index is 11.8. The molecular formula is C16H17N5O. The Labute approximate surface area is 127 Å². The summed E-state index contributed by atoms with van der Waals surface area (Å²) in [7, 11) is 0. The third-order valence-corrected chi connectivity index (χ3v) is 3.67. The van der Waals surface area contributed by atoms with Crippen molar-refractivity contribution in [2.24, 2.45) is 0 Å². The van der Waals surface area contributed by atoms with Gasteiger partial charge < -0.3 is 4.98 Å². The molecule has 0 amide bonds. The monoisotopic (exact) mass is 295 g/mol. The maximum Gasteiger partial charge on any atom is 0.277 e. The number of rotatable bonds is 2. The minimum absolute atomic E-state index is 0.258. The number of aromatic amines is 1. The first kappa shape index (κ1) is 14.2. The summed E-state index contributed by atoms with van der Waals surface area (Å²) in [6, 6.07) is 6.03. The van der Waals surface area contributed by atoms with E-state index in [-0.39, 0.29) is 5.56 Å². The van der Waals surface area contributed by atoms with E-state index in [2.05, 4.69) is 31.3 Å². The first-order chi connectivity index (χ1) is 10.4. The van der Waals surface area contributed by atoms with Crippen LogP contribution in [0.1, 0.15) is 22.5 Å². The molecule has 0 fully saturated rings. The molecule has 0 aliphatic heterocycles. The van der Waals surface area contributed by atoms with Gasteiger partial charge in [0.15, 0.2) is 0 Å². The number of aromatic nitrogens is 4. The quantitative estimate of drug-likeness (QED) is 0.759. The van der Waals surface area contributed by atoms with E-state index in [1.165, 1.54) is 5.56 Å². The van der Waals surface area contributed by atoms with Crippen LogP contribution in [0, 0.1) is 27.7 Å². The van der Waals surface area contributed by atoms with Crippen LogP contribution >= 0.6 is 0 Å². The highest BCUT2D eigenvalue weighted by molar-refractivity contribution is 5.82. The number of hydrogen-bond donors (Lipinski definition) is 2. The van der Waals surface area contributed by atoms with Gasteiger partial charge in [-0.3, -0.25) is 10.1 Å². The summed E-state index contributed by atoms with van der Waals surface area (Å²) in [4.78, 5) is 27.7. The number of nitrogens with zero attached hydrogens (tertiary/aromatic N) is 3. The fraction of sp³-hybridized carbons (Fsp3) is 0.250. The van der Waals surface area contributed by atoms with Crippen LogP contribution in [0.25, 0.3) is 10.9 Å². The van der Waals surface area contributed by atoms with Crippen molar-refractivity contribution < 1.29 is 0 Å². The molecular weight excluding hydrogens is 278 g/mol. The van der Waals surface area contributed by atoms with Crippen LogP contribution in [-0.2, 0) is 0 Å². The van der Waals surface area contributed by atoms with E-state index in [9.17, 15) is 4.79 Å². The van der Waals surface area contributed by atoms with E-state index < -0.39 is 0 Å². The van der Waals surface area contributed by atoms with Crippen LogP contribution in [0.3, 0.4) is 0 Å². The predicted octanol–water partition coefficient (Wildman–Crippen LogP) is 2.69. The van der Waals surface area contributed by atoms with Crippen LogP contribution in [0.5, 0.6) is 0 Å². The van der Waals surface area contributed by atoms with Gasteiger partial charge in [-0.25, -0.2) is 9.97 Å². The van der Waals surface area contributed by atoms with Crippen LogP contribution in [0.2, 0.25) is 0 Å². The van der Waals surface area contributed by atoms with Gasteiger partial charge in [-0.05, 0) is 39.8 Å². The van der Waals surface area contributed by atoms with Crippen molar-refractivity contribution >= 4 is 22.8 Å². The van der Waals surface area contributed by atoms with Crippen molar-refractivity contribution in [3.8, 4) is 0 Å². The zero-order chi connectivity index (χ0) is 15.9. The lowest BCUT2D eigenvalue weighted by atomic mass is 10.1. The molecule has 0 saturated carbocycles. The second-order valence-electron chi connectivity index (χ2n) is 5.42. The molecule has 0 saturated heterocycles. The average Bonchev–Trinajstić information content (AvgIpc) is 2.45. The highest BCUT2D eigenvalue weighted by atomic mass is 16.1. The first-order valence-corrected chi connectivity index (χ1v) is 7.03. The van der Waals surface area contributed by atoms with Crippen molar-refractivity contribution in [3.05, 3.63) is 51.1 Å². The third-order valence-electron chi connectivity index (χ3n) is 3.67. The molecule has 6 nitrogen and oxygen atoms in total. The van der Waals surface area contributed by atoms with Crippen LogP contribution in [-0.4, -0.2) is 19.9 Å². The van der Waals surface area contributed by atoms with Crippen LogP contribution in [0.4, 0.5) is 11.9 Å². The van der Waals surface area contributed by atoms with Crippen molar-refractivity contribution in [2.75, 3.05) is 5.32 Å². The van der Waals surface area contributed by atoms with Gasteiger partial charge in [-0.1, -0.05) is 11.6 Å². The second kappa shape index (κ2) is 5.22. The molecule has 3 rings (SSSR count). The van der Waals surface area contributed by atoms with Crippen molar-refractivity contribution in [1.82, 2.24) is 19.9 Å². The molecule has 22 heavy (non-hydrogen) atoms. The third kappa shape index (κ3) is 2.55. The Balaban J connectivity index is 2.04. The molecule has 0 aliphatic rings. The zero-order valence-corrected chi connectivity index (χ0v) is 13.0. The Morgan fingerprint density at radius 1 is 1.05 bits per heavy atom. The van der Waals surface area contributed by atoms with E-state index in [1.54, 1.807) is 6.92 Å². The lowest BCUT2D eigenvalue weighted by molar-refractivity contribution is 1.01. The van der Waals surface area contributed by atoms with Crippen molar-refractivity contribution in [3.63, 3.8) is 0 Å². The number of nitrogens with one attached hydrogen (secondary N) is 2. The summed E-state index contributed by atoms with van der Waals surface area (Å²) in [6.07, 6.45) is 0. The van der Waals surface area contributed by atoms with E-state index >= 15 is 0 Å². The topological polar surface area (TPSA) is 83.6 Å². The molecule has 1 aromatic carbocycles. The molecule has 3 aromatic rings. The molecule has 0 atom stereocenters. The lowest BCUT2D eigenvalue weighted by Crippen LogP contribution is -2.16. The number of H-pyrrole nitrogens is 1. The van der Waals surface area contributed by atoms with Crippen molar-refractivity contribution in [2.45, 2.75) is 27.7 Å². The molecule has 0 radical (unpaired) electrons. The summed E-state index contributed by atoms with van der Waals surface area (Å²) in [5.74, 6) is 0.763. The molecule has 0 bridgehead atoms. The van der Waals surface area contributed by atoms with Crippen LogP contribution < -0.4 is 10.9 Å². The summed E-state index contributed by atoms with van der Waals surface area (Å²) in [5, 5.41) is 3.99. The lowest BCUT2D eigenvalue weighted by Gasteiger charge is -2.09. The summed E-state index contributed by atoms with van der Waals surface area (Å²) < 4.78 is 0. The largest absolute Gasteiger partial charge is 0.329 e. The zero-order valence-electron chi connectivity index (χ0n) is 13.0. The van der Waals surface area contributed by atoms with Gasteiger partial charge >= 0.3 is 0 Å². The predicted molar refractivity (Wildman–Crippen MR) is 86.6 cm³/mol. The molecule has 6 heteroatoms. The molecule has 0 spiro atoms. The second-order valence-corrected chi connectivity index (χ2v) is 5.42. The fourth-order valence-electron chi connectivity index (χ4n) is 2.26. The summed E-state index contributed by atoms with van der Waals surface area (Å²) in [5.41, 5.74) is 4.02. The van der Waals surface area contributed by atoms with E-state index in [1.807, 2.05) is 32.9 Å². The first-order valence-electron chi connectivity index (χ1n) is 7.03. The maximum absolute atomic E-state index is 11.8. The Morgan fingerprint density at radius 2 is 1.82 bits per heavy atom. The van der Waals surface area contributed by atoms with Crippen LogP contribution in [0.15, 0.2) is 23.0 Å². The molecule has 0 aliphatic carbocycles. The Kier molecular flexibility index (Phi) is 3.36. The highest BCUT2D eigenvalue weighted by Crippen LogP contribution is 2.19. The van der Waals surface area contributed by atoms with Gasteiger partial charge in [-0.2, -0.15) is 4.98 Å². The summed E-state index contributed by atoms with van der Waals surface area (Å²) >= 11 is 0. The van der Waals surface area contributed by atoms with Gasteiger partial charge in [0.25, 0.3) is 5.56 Å². The van der Waals surface area contributed by atoms with Gasteiger partial charge in [0, 0.05) is 16.6 Å². The van der Waals surface area contributed by atoms with E-state index in [0.717, 1.165) is 22.3 Å². The van der Waals surface area contributed by atoms with E-state index in [4.69, 9.17) is 0 Å². The fourth-order valence-corrected chi connectivity index (χ4v) is 2.26. The van der Waals surface area contributed by atoms with Gasteiger partial charge in [0.05, 0.1) is 11.2 Å². The average molecular weight is 295 g/mol. The van der Waals surface area contributed by atoms with Gasteiger partial charge in [0.1, 0.15) is 0 Å². The molecule has 0 unspecified atom stereocenters. The molecule has 2 N–H and O–H groups in total. The number of benzene rings is 1. The standard InChI is InChI=1S/C16H17N5O/c1-8-5-6-13-12(7-8)11(4)18-15(19-13)21-16-17-10(3)9(2)14(22)20-16/h5-7H,1-4H3,(H2,17,18,19,20,21,22). The molecule has 2 heterocycles. The number of anilines is 2. The summed E-state index contributed by atoms with van der Waals surface area (Å²) in [6.45, 7) is 7.54. The Morgan fingerprint density at radius 3 is 2.55 bits per heavy atom.